The number of aromatic nitrogens is 1. The number of benzene rings is 1. The molecule has 0 amide bonds. The topological polar surface area (TPSA) is 65.9 Å². The number of nitriles is 1. The number of nitrogens with one attached hydrogen (secondary N) is 1. The van der Waals surface area contributed by atoms with Crippen molar-refractivity contribution in [3.8, 4) is 6.07 Å². The van der Waals surface area contributed by atoms with Crippen molar-refractivity contribution in [1.29, 1.82) is 5.26 Å². The van der Waals surface area contributed by atoms with E-state index in [1.165, 1.54) is 7.11 Å². The fourth-order valence-electron chi connectivity index (χ4n) is 1.72. The van der Waals surface area contributed by atoms with Gasteiger partial charge in [-0.25, -0.2) is 4.79 Å². The van der Waals surface area contributed by atoms with E-state index in [1.54, 1.807) is 18.2 Å². The summed E-state index contributed by atoms with van der Waals surface area (Å²) in [4.78, 5) is 14.3. The van der Waals surface area contributed by atoms with Crippen LogP contribution in [0.15, 0.2) is 18.2 Å². The van der Waals surface area contributed by atoms with E-state index in [1.807, 2.05) is 0 Å². The molecule has 0 aliphatic rings. The van der Waals surface area contributed by atoms with Crippen LogP contribution in [-0.4, -0.2) is 18.1 Å². The predicted molar refractivity (Wildman–Crippen MR) is 64.0 cm³/mol. The maximum absolute atomic E-state index is 11.4. The highest BCUT2D eigenvalue weighted by Crippen LogP contribution is 2.25. The van der Waals surface area contributed by atoms with E-state index in [0.717, 1.165) is 16.5 Å². The van der Waals surface area contributed by atoms with Crippen LogP contribution in [0.3, 0.4) is 0 Å². The first-order valence-corrected chi connectivity index (χ1v) is 5.30. The number of carbonyl (C=O) groups is 1. The molecule has 1 aromatic heterocycles. The van der Waals surface area contributed by atoms with Gasteiger partial charge in [0.15, 0.2) is 0 Å². The number of fused-ring (bicyclic) bond motifs is 1. The Morgan fingerprint density at radius 3 is 2.94 bits per heavy atom. The number of rotatable bonds is 2. The van der Waals surface area contributed by atoms with Gasteiger partial charge in [0.05, 0.1) is 25.1 Å². The quantitative estimate of drug-likeness (QED) is 0.831. The number of hydrogen-bond acceptors (Lipinski definition) is 3. The molecule has 0 spiro atoms. The van der Waals surface area contributed by atoms with E-state index in [9.17, 15) is 4.79 Å². The monoisotopic (exact) mass is 248 g/mol. The number of esters is 1. The van der Waals surface area contributed by atoms with E-state index in [-0.39, 0.29) is 6.42 Å². The normalized spacial score (nSPS) is 10.2. The van der Waals surface area contributed by atoms with Gasteiger partial charge >= 0.3 is 5.97 Å². The molecule has 5 heteroatoms. The molecule has 0 fully saturated rings. The van der Waals surface area contributed by atoms with Gasteiger partial charge in [-0.15, -0.1) is 0 Å². The number of methoxy groups -OCH3 is 1. The van der Waals surface area contributed by atoms with Crippen molar-refractivity contribution in [2.24, 2.45) is 0 Å². The molecule has 4 nitrogen and oxygen atoms in total. The fourth-order valence-corrected chi connectivity index (χ4v) is 1.97. The van der Waals surface area contributed by atoms with E-state index < -0.39 is 5.97 Å². The molecule has 17 heavy (non-hydrogen) atoms. The molecule has 2 rings (SSSR count). The summed E-state index contributed by atoms with van der Waals surface area (Å²) in [6, 6.07) is 7.17. The van der Waals surface area contributed by atoms with E-state index in [4.69, 9.17) is 16.9 Å². The van der Waals surface area contributed by atoms with Gasteiger partial charge in [-0.3, -0.25) is 0 Å². The molecule has 2 aromatic rings. The lowest BCUT2D eigenvalue weighted by Gasteiger charge is -1.99. The molecule has 0 unspecified atom stereocenters. The summed E-state index contributed by atoms with van der Waals surface area (Å²) >= 11 is 5.94. The van der Waals surface area contributed by atoms with Crippen molar-refractivity contribution in [1.82, 2.24) is 4.98 Å². The predicted octanol–water partition coefficient (Wildman–Crippen LogP) is 2.67. The third kappa shape index (κ3) is 2.10. The second-order valence-electron chi connectivity index (χ2n) is 3.54. The molecule has 0 aliphatic carbocycles. The molecule has 0 atom stereocenters. The Morgan fingerprint density at radius 1 is 1.53 bits per heavy atom. The first kappa shape index (κ1) is 11.5. The maximum atomic E-state index is 11.4. The van der Waals surface area contributed by atoms with Crippen LogP contribution in [0, 0.1) is 11.3 Å². The summed E-state index contributed by atoms with van der Waals surface area (Å²) in [7, 11) is 1.32. The van der Waals surface area contributed by atoms with Gasteiger partial charge in [-0.1, -0.05) is 11.6 Å². The molecular weight excluding hydrogens is 240 g/mol. The summed E-state index contributed by atoms with van der Waals surface area (Å²) in [5.41, 5.74) is 1.87. The molecule has 0 radical (unpaired) electrons. The van der Waals surface area contributed by atoms with Gasteiger partial charge in [0, 0.05) is 10.4 Å². The average molecular weight is 249 g/mol. The Labute approximate surface area is 103 Å². The summed E-state index contributed by atoms with van der Waals surface area (Å²) < 4.78 is 4.63. The highest BCUT2D eigenvalue weighted by atomic mass is 35.5. The van der Waals surface area contributed by atoms with Crippen LogP contribution in [0.5, 0.6) is 0 Å². The number of aromatic amines is 1. The van der Waals surface area contributed by atoms with Crippen LogP contribution in [0.4, 0.5) is 0 Å². The lowest BCUT2D eigenvalue weighted by atomic mass is 10.1. The maximum Gasteiger partial charge on any atom is 0.354 e. The first-order valence-electron chi connectivity index (χ1n) is 4.92. The number of carbonyl (C=O) groups excluding carboxylic acids is 1. The zero-order chi connectivity index (χ0) is 12.4. The van der Waals surface area contributed by atoms with Crippen LogP contribution in [0.2, 0.25) is 5.02 Å². The van der Waals surface area contributed by atoms with Crippen molar-refractivity contribution in [3.05, 3.63) is 34.5 Å². The lowest BCUT2D eigenvalue weighted by Crippen LogP contribution is -2.00. The van der Waals surface area contributed by atoms with E-state index >= 15 is 0 Å². The van der Waals surface area contributed by atoms with Gasteiger partial charge in [0.2, 0.25) is 0 Å². The minimum absolute atomic E-state index is 0.234. The average Bonchev–Trinajstić information content (AvgIpc) is 2.72. The van der Waals surface area contributed by atoms with Crippen LogP contribution >= 0.6 is 11.6 Å². The van der Waals surface area contributed by atoms with Gasteiger partial charge in [0.25, 0.3) is 0 Å². The van der Waals surface area contributed by atoms with Crippen molar-refractivity contribution in [2.75, 3.05) is 7.11 Å². The number of hydrogen-bond donors (Lipinski definition) is 1. The third-order valence-electron chi connectivity index (χ3n) is 2.45. The molecule has 0 saturated heterocycles. The fraction of sp³-hybridized carbons (Fsp3) is 0.167. The van der Waals surface area contributed by atoms with Gasteiger partial charge in [-0.05, 0) is 23.8 Å². The molecule has 0 bridgehead atoms. The van der Waals surface area contributed by atoms with Crippen LogP contribution in [0.1, 0.15) is 16.1 Å². The zero-order valence-corrected chi connectivity index (χ0v) is 9.84. The van der Waals surface area contributed by atoms with Crippen molar-refractivity contribution >= 4 is 28.5 Å². The second kappa shape index (κ2) is 4.48. The number of nitrogens with zero attached hydrogens (tertiary/aromatic N) is 1. The smallest absolute Gasteiger partial charge is 0.354 e. The van der Waals surface area contributed by atoms with Gasteiger partial charge in [0.1, 0.15) is 5.69 Å². The zero-order valence-electron chi connectivity index (χ0n) is 9.08. The molecule has 86 valence electrons. The van der Waals surface area contributed by atoms with Crippen molar-refractivity contribution in [2.45, 2.75) is 6.42 Å². The molecule has 0 aliphatic heterocycles. The minimum Gasteiger partial charge on any atom is -0.464 e. The molecule has 1 N–H and O–H groups in total. The highest BCUT2D eigenvalue weighted by molar-refractivity contribution is 6.31. The number of H-pyrrole nitrogens is 1. The summed E-state index contributed by atoms with van der Waals surface area (Å²) in [6.07, 6.45) is 0.234. The first-order chi connectivity index (χ1) is 8.15. The van der Waals surface area contributed by atoms with E-state index in [0.29, 0.717) is 10.7 Å². The Bertz CT molecular complexity index is 625. The van der Waals surface area contributed by atoms with Crippen molar-refractivity contribution < 1.29 is 9.53 Å². The van der Waals surface area contributed by atoms with Crippen molar-refractivity contribution in [3.63, 3.8) is 0 Å². The summed E-state index contributed by atoms with van der Waals surface area (Å²) in [5.74, 6) is -0.444. The van der Waals surface area contributed by atoms with Crippen LogP contribution in [0.25, 0.3) is 10.9 Å². The lowest BCUT2D eigenvalue weighted by molar-refractivity contribution is 0.0595. The van der Waals surface area contributed by atoms with Crippen LogP contribution < -0.4 is 0 Å². The Balaban J connectivity index is 2.63. The molecular formula is C12H9ClN2O2. The number of halogens is 1. The SMILES string of the molecule is COC(=O)c1cc2cc(Cl)cc(CC#N)c2[nH]1. The number of ether oxygens (including phenoxy) is 1. The van der Waals surface area contributed by atoms with E-state index in [2.05, 4.69) is 15.8 Å². The van der Waals surface area contributed by atoms with Crippen LogP contribution in [-0.2, 0) is 11.2 Å². The Kier molecular flexibility index (Phi) is 3.03. The molecule has 1 aromatic carbocycles. The molecule has 1 heterocycles. The standard InChI is InChI=1S/C12H9ClN2O2/c1-17-12(16)10-6-8-5-9(13)4-7(2-3-14)11(8)15-10/h4-6,15H,2H2,1H3. The summed E-state index contributed by atoms with van der Waals surface area (Å²) in [5, 5.41) is 10.1. The third-order valence-corrected chi connectivity index (χ3v) is 2.67. The summed E-state index contributed by atoms with van der Waals surface area (Å²) in [6.45, 7) is 0. The Morgan fingerprint density at radius 2 is 2.29 bits per heavy atom. The Hall–Kier alpha value is -1.99. The van der Waals surface area contributed by atoms with Gasteiger partial charge < -0.3 is 9.72 Å². The molecule has 0 saturated carbocycles. The minimum atomic E-state index is -0.444. The highest BCUT2D eigenvalue weighted by Gasteiger charge is 2.12. The van der Waals surface area contributed by atoms with Gasteiger partial charge in [-0.2, -0.15) is 5.26 Å². The largest absolute Gasteiger partial charge is 0.464 e. The second-order valence-corrected chi connectivity index (χ2v) is 3.98.